The third-order valence-electron chi connectivity index (χ3n) is 4.40. The maximum Gasteiger partial charge on any atom is 0.416 e. The molecule has 0 bridgehead atoms. The average molecular weight is 365 g/mol. The number of halogens is 3. The van der Waals surface area contributed by atoms with Gasteiger partial charge in [-0.3, -0.25) is 14.2 Å². The van der Waals surface area contributed by atoms with E-state index in [9.17, 15) is 22.8 Å². The van der Waals surface area contributed by atoms with Gasteiger partial charge in [0.15, 0.2) is 0 Å². The number of nitrogens with zero attached hydrogens (tertiary/aromatic N) is 3. The predicted molar refractivity (Wildman–Crippen MR) is 89.4 cm³/mol. The van der Waals surface area contributed by atoms with Crippen LogP contribution in [0.4, 0.5) is 13.2 Å². The molecule has 0 spiro atoms. The normalized spacial score (nSPS) is 15.1. The first-order chi connectivity index (χ1) is 12.3. The van der Waals surface area contributed by atoms with Crippen LogP contribution in [0.15, 0.2) is 41.5 Å². The quantitative estimate of drug-likeness (QED) is 0.840. The van der Waals surface area contributed by atoms with Crippen LogP contribution in [0.1, 0.15) is 24.8 Å². The second kappa shape index (κ2) is 7.31. The van der Waals surface area contributed by atoms with E-state index in [1.165, 1.54) is 29.1 Å². The molecule has 8 heteroatoms. The number of hydrogen-bond donors (Lipinski definition) is 0. The van der Waals surface area contributed by atoms with Gasteiger partial charge in [-0.2, -0.15) is 13.2 Å². The van der Waals surface area contributed by atoms with E-state index in [0.29, 0.717) is 18.7 Å². The summed E-state index contributed by atoms with van der Waals surface area (Å²) in [6.45, 7) is 1.31. The van der Waals surface area contributed by atoms with Crippen molar-refractivity contribution >= 4 is 5.91 Å². The summed E-state index contributed by atoms with van der Waals surface area (Å²) in [6, 6.07) is 5.67. The third kappa shape index (κ3) is 4.12. The fraction of sp³-hybridized carbons (Fsp3) is 0.389. The third-order valence-corrected chi connectivity index (χ3v) is 4.40. The summed E-state index contributed by atoms with van der Waals surface area (Å²) in [4.78, 5) is 30.3. The van der Waals surface area contributed by atoms with Crippen LogP contribution in [0.25, 0.3) is 11.3 Å². The van der Waals surface area contributed by atoms with Gasteiger partial charge >= 0.3 is 6.18 Å². The second-order valence-electron chi connectivity index (χ2n) is 6.26. The summed E-state index contributed by atoms with van der Waals surface area (Å²) in [5.74, 6) is -0.129. The predicted octanol–water partition coefficient (Wildman–Crippen LogP) is 2.94. The van der Waals surface area contributed by atoms with Crippen molar-refractivity contribution in [3.05, 3.63) is 52.6 Å². The topological polar surface area (TPSA) is 55.2 Å². The van der Waals surface area contributed by atoms with Gasteiger partial charge in [0.25, 0.3) is 5.56 Å². The first-order valence-corrected chi connectivity index (χ1v) is 8.36. The Morgan fingerprint density at radius 3 is 2.31 bits per heavy atom. The summed E-state index contributed by atoms with van der Waals surface area (Å²) in [5, 5.41) is 0. The van der Waals surface area contributed by atoms with Crippen LogP contribution in [-0.4, -0.2) is 33.4 Å². The molecule has 1 saturated heterocycles. The minimum Gasteiger partial charge on any atom is -0.341 e. The maximum absolute atomic E-state index is 12.6. The Morgan fingerprint density at radius 1 is 1.08 bits per heavy atom. The SMILES string of the molecule is O=C(Cn1cnc(-c2ccc(C(F)(F)F)cc2)cc1=O)N1CCCCC1. The summed E-state index contributed by atoms with van der Waals surface area (Å²) < 4.78 is 39.0. The Kier molecular flexibility index (Phi) is 5.11. The number of carbonyl (C=O) groups excluding carboxylic acids is 1. The van der Waals surface area contributed by atoms with Gasteiger partial charge in [0, 0.05) is 24.7 Å². The lowest BCUT2D eigenvalue weighted by Gasteiger charge is -2.26. The van der Waals surface area contributed by atoms with Crippen molar-refractivity contribution < 1.29 is 18.0 Å². The smallest absolute Gasteiger partial charge is 0.341 e. The zero-order chi connectivity index (χ0) is 18.7. The van der Waals surface area contributed by atoms with Gasteiger partial charge in [-0.1, -0.05) is 12.1 Å². The van der Waals surface area contributed by atoms with Crippen molar-refractivity contribution in [3.63, 3.8) is 0 Å². The van der Waals surface area contributed by atoms with Crippen molar-refractivity contribution in [3.8, 4) is 11.3 Å². The van der Waals surface area contributed by atoms with Crippen LogP contribution < -0.4 is 5.56 Å². The van der Waals surface area contributed by atoms with Crippen LogP contribution in [0, 0.1) is 0 Å². The van der Waals surface area contributed by atoms with Gasteiger partial charge in [-0.05, 0) is 31.4 Å². The highest BCUT2D eigenvalue weighted by atomic mass is 19.4. The van der Waals surface area contributed by atoms with Crippen LogP contribution in [0.5, 0.6) is 0 Å². The van der Waals surface area contributed by atoms with Gasteiger partial charge in [0.1, 0.15) is 6.54 Å². The van der Waals surface area contributed by atoms with Gasteiger partial charge in [0.2, 0.25) is 5.91 Å². The number of hydrogen-bond acceptors (Lipinski definition) is 3. The first kappa shape index (κ1) is 18.2. The minimum absolute atomic E-state index is 0.0842. The van der Waals surface area contributed by atoms with Crippen LogP contribution in [-0.2, 0) is 17.5 Å². The monoisotopic (exact) mass is 365 g/mol. The number of aromatic nitrogens is 2. The van der Waals surface area contributed by atoms with Crippen LogP contribution >= 0.6 is 0 Å². The molecular weight excluding hydrogens is 347 g/mol. The van der Waals surface area contributed by atoms with E-state index >= 15 is 0 Å². The van der Waals surface area contributed by atoms with E-state index in [1.54, 1.807) is 4.90 Å². The number of benzene rings is 1. The molecule has 0 atom stereocenters. The molecule has 0 N–H and O–H groups in total. The van der Waals surface area contributed by atoms with Crippen LogP contribution in [0.2, 0.25) is 0 Å². The van der Waals surface area contributed by atoms with Crippen molar-refractivity contribution in [2.24, 2.45) is 0 Å². The fourth-order valence-electron chi connectivity index (χ4n) is 2.92. The number of alkyl halides is 3. The minimum atomic E-state index is -4.41. The number of piperidine rings is 1. The summed E-state index contributed by atoms with van der Waals surface area (Å²) in [5.41, 5.74) is -0.503. The highest BCUT2D eigenvalue weighted by Gasteiger charge is 2.30. The van der Waals surface area contributed by atoms with Crippen molar-refractivity contribution in [1.82, 2.24) is 14.5 Å². The van der Waals surface area contributed by atoms with E-state index < -0.39 is 17.3 Å². The van der Waals surface area contributed by atoms with E-state index in [1.807, 2.05) is 0 Å². The molecule has 1 aliphatic heterocycles. The molecule has 2 aromatic rings. The molecule has 1 amide bonds. The second-order valence-corrected chi connectivity index (χ2v) is 6.26. The van der Waals surface area contributed by atoms with Crippen molar-refractivity contribution in [2.75, 3.05) is 13.1 Å². The molecule has 0 saturated carbocycles. The molecule has 2 heterocycles. The Morgan fingerprint density at radius 2 is 1.73 bits per heavy atom. The first-order valence-electron chi connectivity index (χ1n) is 8.36. The molecule has 5 nitrogen and oxygen atoms in total. The zero-order valence-corrected chi connectivity index (χ0v) is 14.0. The van der Waals surface area contributed by atoms with Crippen molar-refractivity contribution in [2.45, 2.75) is 32.0 Å². The van der Waals surface area contributed by atoms with Gasteiger partial charge in [-0.15, -0.1) is 0 Å². The highest BCUT2D eigenvalue weighted by Crippen LogP contribution is 2.30. The number of likely N-dealkylation sites (tertiary alicyclic amines) is 1. The maximum atomic E-state index is 12.6. The molecule has 0 radical (unpaired) electrons. The molecular formula is C18H18F3N3O2. The molecule has 0 aliphatic carbocycles. The van der Waals surface area contributed by atoms with Gasteiger partial charge in [-0.25, -0.2) is 4.98 Å². The fourth-order valence-corrected chi connectivity index (χ4v) is 2.92. The van der Waals surface area contributed by atoms with Crippen LogP contribution in [0.3, 0.4) is 0 Å². The standard InChI is InChI=1S/C18H18F3N3O2/c19-18(20,21)14-6-4-13(5-7-14)15-10-16(25)24(12-22-15)11-17(26)23-8-2-1-3-9-23/h4-7,10,12H,1-3,8-9,11H2. The lowest BCUT2D eigenvalue weighted by atomic mass is 10.1. The molecule has 1 aromatic heterocycles. The summed E-state index contributed by atoms with van der Waals surface area (Å²) >= 11 is 0. The van der Waals surface area contributed by atoms with E-state index in [0.717, 1.165) is 31.4 Å². The molecule has 3 rings (SSSR count). The largest absolute Gasteiger partial charge is 0.416 e. The molecule has 0 unspecified atom stereocenters. The Hall–Kier alpha value is -2.64. The number of rotatable bonds is 3. The highest BCUT2D eigenvalue weighted by molar-refractivity contribution is 5.76. The molecule has 1 aliphatic rings. The lowest BCUT2D eigenvalue weighted by Crippen LogP contribution is -2.39. The Labute approximate surface area is 148 Å². The zero-order valence-electron chi connectivity index (χ0n) is 14.0. The Bertz CT molecular complexity index is 838. The summed E-state index contributed by atoms with van der Waals surface area (Å²) in [6.07, 6.45) is -0.119. The van der Waals surface area contributed by atoms with Gasteiger partial charge in [0.05, 0.1) is 17.6 Å². The van der Waals surface area contributed by atoms with Gasteiger partial charge < -0.3 is 4.90 Å². The molecule has 26 heavy (non-hydrogen) atoms. The number of carbonyl (C=O) groups is 1. The Balaban J connectivity index is 1.75. The van der Waals surface area contributed by atoms with E-state index in [4.69, 9.17) is 0 Å². The van der Waals surface area contributed by atoms with E-state index in [2.05, 4.69) is 4.98 Å². The molecule has 1 fully saturated rings. The summed E-state index contributed by atoms with van der Waals surface area (Å²) in [7, 11) is 0. The lowest BCUT2D eigenvalue weighted by molar-refractivity contribution is -0.137. The molecule has 1 aromatic carbocycles. The average Bonchev–Trinajstić information content (AvgIpc) is 2.63. The van der Waals surface area contributed by atoms with E-state index in [-0.39, 0.29) is 18.1 Å². The van der Waals surface area contributed by atoms with Crippen molar-refractivity contribution in [1.29, 1.82) is 0 Å². The molecule has 138 valence electrons. The number of amides is 1.